The quantitative estimate of drug-likeness (QED) is 0.700. The van der Waals surface area contributed by atoms with Crippen molar-refractivity contribution in [1.29, 1.82) is 5.26 Å². The maximum absolute atomic E-state index is 12.2. The van der Waals surface area contributed by atoms with Crippen LogP contribution >= 0.6 is 0 Å². The zero-order valence-electron chi connectivity index (χ0n) is 14.0. The Morgan fingerprint density at radius 1 is 1.20 bits per heavy atom. The summed E-state index contributed by atoms with van der Waals surface area (Å²) in [5.74, 6) is 0.0912. The molecule has 1 heterocycles. The topological polar surface area (TPSA) is 78.8 Å². The number of fused-ring (bicyclic) bond motifs is 1. The van der Waals surface area contributed by atoms with E-state index in [-0.39, 0.29) is 13.0 Å². The van der Waals surface area contributed by atoms with Gasteiger partial charge in [0.25, 0.3) is 0 Å². The van der Waals surface area contributed by atoms with Gasteiger partial charge in [-0.05, 0) is 31.0 Å². The van der Waals surface area contributed by atoms with Gasteiger partial charge in [0.15, 0.2) is 0 Å². The molecule has 1 atom stereocenters. The number of imidazole rings is 1. The predicted molar refractivity (Wildman–Crippen MR) is 94.8 cm³/mol. The number of carbonyl (C=O) groups is 1. The van der Waals surface area contributed by atoms with Crippen LogP contribution in [0.3, 0.4) is 0 Å². The molecule has 25 heavy (non-hydrogen) atoms. The third-order valence-corrected chi connectivity index (χ3v) is 4.16. The molecular weight excluding hydrogens is 314 g/mol. The number of esters is 1. The lowest BCUT2D eigenvalue weighted by molar-refractivity contribution is -0.144. The summed E-state index contributed by atoms with van der Waals surface area (Å²) in [6, 6.07) is 19.6. The first-order valence-electron chi connectivity index (χ1n) is 8.23. The zero-order chi connectivity index (χ0) is 17.7. The highest BCUT2D eigenvalue weighted by Gasteiger charge is 2.39. The van der Waals surface area contributed by atoms with Gasteiger partial charge in [0.2, 0.25) is 0 Å². The van der Waals surface area contributed by atoms with Crippen LogP contribution in [0.1, 0.15) is 24.7 Å². The highest BCUT2D eigenvalue weighted by molar-refractivity contribution is 5.76. The number of nitrogens with zero attached hydrogens (tertiary/aromatic N) is 2. The van der Waals surface area contributed by atoms with Crippen molar-refractivity contribution in [2.45, 2.75) is 25.2 Å². The van der Waals surface area contributed by atoms with Crippen molar-refractivity contribution >= 4 is 17.0 Å². The first kappa shape index (κ1) is 16.7. The van der Waals surface area contributed by atoms with Gasteiger partial charge in [-0.1, -0.05) is 42.5 Å². The fourth-order valence-corrected chi connectivity index (χ4v) is 2.94. The maximum atomic E-state index is 12.2. The van der Waals surface area contributed by atoms with Gasteiger partial charge in [0, 0.05) is 0 Å². The van der Waals surface area contributed by atoms with Gasteiger partial charge < -0.3 is 9.72 Å². The lowest BCUT2D eigenvalue weighted by atomic mass is 9.79. The molecule has 0 spiro atoms. The number of hydrogen-bond acceptors (Lipinski definition) is 4. The van der Waals surface area contributed by atoms with Crippen LogP contribution in [-0.2, 0) is 21.4 Å². The average Bonchev–Trinajstić information content (AvgIpc) is 3.07. The summed E-state index contributed by atoms with van der Waals surface area (Å²) in [5.41, 5.74) is 1.48. The second-order valence-corrected chi connectivity index (χ2v) is 5.94. The van der Waals surface area contributed by atoms with Crippen molar-refractivity contribution in [1.82, 2.24) is 9.97 Å². The Hall–Kier alpha value is -3.13. The lowest BCUT2D eigenvalue weighted by Crippen LogP contribution is -2.32. The second-order valence-electron chi connectivity index (χ2n) is 5.94. The number of aromatic nitrogens is 2. The van der Waals surface area contributed by atoms with Crippen LogP contribution in [0.2, 0.25) is 0 Å². The molecule has 1 N–H and O–H groups in total. The van der Waals surface area contributed by atoms with Crippen LogP contribution in [0.4, 0.5) is 0 Å². The number of carbonyl (C=O) groups excluding carboxylic acids is 1. The summed E-state index contributed by atoms with van der Waals surface area (Å²) >= 11 is 0. The Labute approximate surface area is 146 Å². The molecule has 0 saturated carbocycles. The molecule has 5 nitrogen and oxygen atoms in total. The molecule has 2 aromatic carbocycles. The SMILES string of the molecule is CCOC(=O)CC(C#N)(Cc1ccccc1)c1nc2ccccc2[nH]1. The van der Waals surface area contributed by atoms with Crippen molar-refractivity contribution in [3.05, 3.63) is 66.0 Å². The van der Waals surface area contributed by atoms with E-state index >= 15 is 0 Å². The largest absolute Gasteiger partial charge is 0.466 e. The predicted octanol–water partition coefficient (Wildman–Crippen LogP) is 3.52. The normalized spacial score (nSPS) is 13.1. The van der Waals surface area contributed by atoms with E-state index in [0.29, 0.717) is 12.2 Å². The van der Waals surface area contributed by atoms with Crippen molar-refractivity contribution in [3.8, 4) is 6.07 Å². The number of H-pyrrole nitrogens is 1. The molecule has 0 radical (unpaired) electrons. The summed E-state index contributed by atoms with van der Waals surface area (Å²) in [5, 5.41) is 10.0. The third kappa shape index (κ3) is 3.53. The molecular formula is C20H19N3O2. The molecule has 3 rings (SSSR count). The minimum atomic E-state index is -1.10. The van der Waals surface area contributed by atoms with E-state index in [9.17, 15) is 10.1 Å². The van der Waals surface area contributed by atoms with Gasteiger partial charge in [-0.25, -0.2) is 4.98 Å². The van der Waals surface area contributed by atoms with Crippen LogP contribution in [0.5, 0.6) is 0 Å². The fraction of sp³-hybridized carbons (Fsp3) is 0.250. The standard InChI is InChI=1S/C20H19N3O2/c1-2-25-18(24)13-20(14-21,12-15-8-4-3-5-9-15)19-22-16-10-6-7-11-17(16)23-19/h3-11H,2,12-13H2,1H3,(H,22,23). The Morgan fingerprint density at radius 2 is 1.92 bits per heavy atom. The van der Waals surface area contributed by atoms with Gasteiger partial charge in [-0.3, -0.25) is 4.79 Å². The van der Waals surface area contributed by atoms with E-state index in [2.05, 4.69) is 16.0 Å². The number of aromatic amines is 1. The number of ether oxygens (including phenoxy) is 1. The smallest absolute Gasteiger partial charge is 0.307 e. The molecule has 5 heteroatoms. The van der Waals surface area contributed by atoms with E-state index < -0.39 is 11.4 Å². The van der Waals surface area contributed by atoms with Crippen LogP contribution in [0.25, 0.3) is 11.0 Å². The van der Waals surface area contributed by atoms with Gasteiger partial charge in [0.05, 0.1) is 30.1 Å². The third-order valence-electron chi connectivity index (χ3n) is 4.16. The van der Waals surface area contributed by atoms with Gasteiger partial charge >= 0.3 is 5.97 Å². The Kier molecular flexibility index (Phi) is 4.80. The Morgan fingerprint density at radius 3 is 2.60 bits per heavy atom. The van der Waals surface area contributed by atoms with Crippen LogP contribution in [0, 0.1) is 11.3 Å². The zero-order valence-corrected chi connectivity index (χ0v) is 14.0. The minimum absolute atomic E-state index is 0.0495. The first-order valence-corrected chi connectivity index (χ1v) is 8.23. The van der Waals surface area contributed by atoms with E-state index in [0.717, 1.165) is 16.6 Å². The molecule has 0 aliphatic carbocycles. The number of para-hydroxylation sites is 2. The number of nitriles is 1. The molecule has 0 fully saturated rings. The van der Waals surface area contributed by atoms with E-state index in [1.807, 2.05) is 54.6 Å². The van der Waals surface area contributed by atoms with Crippen LogP contribution in [0.15, 0.2) is 54.6 Å². The van der Waals surface area contributed by atoms with Crippen molar-refractivity contribution in [2.24, 2.45) is 0 Å². The van der Waals surface area contributed by atoms with Crippen molar-refractivity contribution < 1.29 is 9.53 Å². The molecule has 1 unspecified atom stereocenters. The summed E-state index contributed by atoms with van der Waals surface area (Å²) in [4.78, 5) is 20.0. The maximum Gasteiger partial charge on any atom is 0.307 e. The number of hydrogen-bond donors (Lipinski definition) is 1. The molecule has 0 amide bonds. The van der Waals surface area contributed by atoms with Gasteiger partial charge in [-0.15, -0.1) is 0 Å². The number of nitrogens with one attached hydrogen (secondary N) is 1. The Balaban J connectivity index is 2.06. The van der Waals surface area contributed by atoms with E-state index in [4.69, 9.17) is 4.74 Å². The molecule has 1 aromatic heterocycles. The fourth-order valence-electron chi connectivity index (χ4n) is 2.94. The lowest BCUT2D eigenvalue weighted by Gasteiger charge is -2.23. The molecule has 0 aliphatic rings. The van der Waals surface area contributed by atoms with Gasteiger partial charge in [-0.2, -0.15) is 5.26 Å². The van der Waals surface area contributed by atoms with Crippen LogP contribution < -0.4 is 0 Å². The highest BCUT2D eigenvalue weighted by Crippen LogP contribution is 2.32. The van der Waals surface area contributed by atoms with E-state index in [1.54, 1.807) is 6.92 Å². The van der Waals surface area contributed by atoms with E-state index in [1.165, 1.54) is 0 Å². The van der Waals surface area contributed by atoms with Gasteiger partial charge in [0.1, 0.15) is 11.2 Å². The monoisotopic (exact) mass is 333 g/mol. The molecule has 0 saturated heterocycles. The summed E-state index contributed by atoms with van der Waals surface area (Å²) < 4.78 is 5.10. The highest BCUT2D eigenvalue weighted by atomic mass is 16.5. The first-order chi connectivity index (χ1) is 12.2. The van der Waals surface area contributed by atoms with Crippen molar-refractivity contribution in [2.75, 3.05) is 6.61 Å². The second kappa shape index (κ2) is 7.18. The summed E-state index contributed by atoms with van der Waals surface area (Å²) in [7, 11) is 0. The molecule has 126 valence electrons. The van der Waals surface area contributed by atoms with Crippen LogP contribution in [-0.4, -0.2) is 22.5 Å². The minimum Gasteiger partial charge on any atom is -0.466 e. The number of rotatable bonds is 6. The molecule has 0 aliphatic heterocycles. The average molecular weight is 333 g/mol. The molecule has 0 bridgehead atoms. The Bertz CT molecular complexity index is 878. The summed E-state index contributed by atoms with van der Waals surface area (Å²) in [6.07, 6.45) is 0.328. The number of benzene rings is 2. The summed E-state index contributed by atoms with van der Waals surface area (Å²) in [6.45, 7) is 2.04. The molecule has 3 aromatic rings. The van der Waals surface area contributed by atoms with Crippen molar-refractivity contribution in [3.63, 3.8) is 0 Å².